The molecule has 5 nitrogen and oxygen atoms in total. The van der Waals surface area contributed by atoms with Crippen LogP contribution in [-0.2, 0) is 29.9 Å². The second-order valence-electron chi connectivity index (χ2n) is 4.33. The molecule has 0 amide bonds. The van der Waals surface area contributed by atoms with Crippen LogP contribution < -0.4 is 5.32 Å². The van der Waals surface area contributed by atoms with Crippen molar-refractivity contribution < 1.29 is 8.42 Å². The van der Waals surface area contributed by atoms with E-state index in [1.165, 1.54) is 5.41 Å². The number of hydrogen-bond acceptors (Lipinski definition) is 4. The minimum atomic E-state index is -3.02. The lowest BCUT2D eigenvalue weighted by atomic mass is 10.2. The fourth-order valence-corrected chi connectivity index (χ4v) is 3.57. The van der Waals surface area contributed by atoms with Crippen LogP contribution in [0.5, 0.6) is 0 Å². The Balaban J connectivity index is 2.04. The van der Waals surface area contributed by atoms with Gasteiger partial charge in [0.15, 0.2) is 9.84 Å². The van der Waals surface area contributed by atoms with E-state index in [0.29, 0.717) is 11.6 Å². The van der Waals surface area contributed by atoms with Crippen LogP contribution in [0.2, 0.25) is 5.02 Å². The first-order valence-electron chi connectivity index (χ1n) is 5.77. The molecule has 1 aliphatic rings. The first-order valence-corrected chi connectivity index (χ1v) is 7.87. The van der Waals surface area contributed by atoms with Crippen LogP contribution in [0.4, 0.5) is 0 Å². The Hall–Kier alpha value is -0.850. The van der Waals surface area contributed by atoms with Gasteiger partial charge in [-0.2, -0.15) is 5.10 Å². The fourth-order valence-electron chi connectivity index (χ4n) is 1.94. The molecule has 0 saturated heterocycles. The number of aromatic nitrogens is 2. The summed E-state index contributed by atoms with van der Waals surface area (Å²) in [7, 11) is -1.18. The first-order chi connectivity index (χ1) is 8.43. The molecule has 0 fully saturated rings. The van der Waals surface area contributed by atoms with Crippen molar-refractivity contribution in [1.82, 2.24) is 15.1 Å². The zero-order chi connectivity index (χ0) is 13.3. The number of nitrogens with one attached hydrogen (secondary N) is 1. The lowest BCUT2D eigenvalue weighted by molar-refractivity contribution is 0.577. The Morgan fingerprint density at radius 2 is 2.33 bits per heavy atom. The zero-order valence-corrected chi connectivity index (χ0v) is 11.9. The SMILES string of the molecule is CCc1nn(C)c(CNC2C=CS(=O)(=O)C2)c1Cl. The summed E-state index contributed by atoms with van der Waals surface area (Å²) in [6.45, 7) is 2.50. The van der Waals surface area contributed by atoms with Gasteiger partial charge in [-0.1, -0.05) is 24.6 Å². The summed E-state index contributed by atoms with van der Waals surface area (Å²) in [4.78, 5) is 0. The van der Waals surface area contributed by atoms with E-state index < -0.39 is 9.84 Å². The van der Waals surface area contributed by atoms with Crippen molar-refractivity contribution in [1.29, 1.82) is 0 Å². The van der Waals surface area contributed by atoms with Gasteiger partial charge in [-0.25, -0.2) is 8.42 Å². The first kappa shape index (κ1) is 13.6. The van der Waals surface area contributed by atoms with Gasteiger partial charge in [-0.15, -0.1) is 0 Å². The van der Waals surface area contributed by atoms with Gasteiger partial charge in [0.2, 0.25) is 0 Å². The lowest BCUT2D eigenvalue weighted by Crippen LogP contribution is -2.30. The van der Waals surface area contributed by atoms with Gasteiger partial charge in [0.1, 0.15) is 0 Å². The molecule has 1 aliphatic heterocycles. The van der Waals surface area contributed by atoms with E-state index in [2.05, 4.69) is 10.4 Å². The highest BCUT2D eigenvalue weighted by Crippen LogP contribution is 2.21. The molecular formula is C11H16ClN3O2S. The van der Waals surface area contributed by atoms with Crippen LogP contribution in [0, 0.1) is 0 Å². The van der Waals surface area contributed by atoms with Crippen molar-refractivity contribution in [3.05, 3.63) is 27.9 Å². The van der Waals surface area contributed by atoms with Gasteiger partial charge in [-0.05, 0) is 6.42 Å². The average molecular weight is 290 g/mol. The van der Waals surface area contributed by atoms with Crippen molar-refractivity contribution in [2.45, 2.75) is 25.9 Å². The molecule has 18 heavy (non-hydrogen) atoms. The summed E-state index contributed by atoms with van der Waals surface area (Å²) in [6, 6.07) is -0.147. The minimum absolute atomic E-state index is 0.114. The third-order valence-corrected chi connectivity index (χ3v) is 4.80. The van der Waals surface area contributed by atoms with E-state index in [1.54, 1.807) is 10.8 Å². The standard InChI is InChI=1S/C11H16ClN3O2S/c1-3-9-11(12)10(15(2)14-9)6-13-8-4-5-18(16,17)7-8/h4-5,8,13H,3,6-7H2,1-2H3. The number of nitrogens with zero attached hydrogens (tertiary/aromatic N) is 2. The summed E-state index contributed by atoms with van der Waals surface area (Å²) in [6.07, 6.45) is 2.45. The highest BCUT2D eigenvalue weighted by Gasteiger charge is 2.22. The molecule has 100 valence electrons. The summed E-state index contributed by atoms with van der Waals surface area (Å²) in [5.74, 6) is 0.114. The summed E-state index contributed by atoms with van der Waals surface area (Å²) >= 11 is 6.21. The number of sulfone groups is 1. The summed E-state index contributed by atoms with van der Waals surface area (Å²) in [5.41, 5.74) is 1.75. The van der Waals surface area contributed by atoms with E-state index in [1.807, 2.05) is 14.0 Å². The molecule has 1 N–H and O–H groups in total. The maximum atomic E-state index is 11.3. The third kappa shape index (κ3) is 2.76. The molecule has 0 bridgehead atoms. The normalized spacial score (nSPS) is 21.6. The van der Waals surface area contributed by atoms with Crippen LogP contribution in [0.1, 0.15) is 18.3 Å². The Labute approximate surface area is 112 Å². The second-order valence-corrected chi connectivity index (χ2v) is 6.64. The van der Waals surface area contributed by atoms with Crippen molar-refractivity contribution in [3.8, 4) is 0 Å². The van der Waals surface area contributed by atoms with Gasteiger partial charge in [0.05, 0.1) is 22.2 Å². The maximum absolute atomic E-state index is 11.3. The predicted molar refractivity (Wildman–Crippen MR) is 71.2 cm³/mol. The number of hydrogen-bond donors (Lipinski definition) is 1. The molecule has 2 rings (SSSR count). The highest BCUT2D eigenvalue weighted by molar-refractivity contribution is 7.94. The van der Waals surface area contributed by atoms with Gasteiger partial charge < -0.3 is 5.32 Å². The summed E-state index contributed by atoms with van der Waals surface area (Å²) in [5, 5.41) is 9.39. The molecular weight excluding hydrogens is 274 g/mol. The molecule has 0 aliphatic carbocycles. The van der Waals surface area contributed by atoms with E-state index >= 15 is 0 Å². The lowest BCUT2D eigenvalue weighted by Gasteiger charge is -2.10. The molecule has 1 atom stereocenters. The third-order valence-electron chi connectivity index (χ3n) is 2.96. The molecule has 0 aromatic carbocycles. The maximum Gasteiger partial charge on any atom is 0.173 e. The van der Waals surface area contributed by atoms with E-state index in [4.69, 9.17) is 11.6 Å². The Bertz CT molecular complexity index is 577. The summed E-state index contributed by atoms with van der Waals surface area (Å²) < 4.78 is 24.3. The molecule has 0 spiro atoms. The molecule has 1 unspecified atom stereocenters. The molecule has 0 saturated carbocycles. The van der Waals surface area contributed by atoms with Crippen LogP contribution in [-0.4, -0.2) is 30.0 Å². The van der Waals surface area contributed by atoms with Gasteiger partial charge in [0, 0.05) is 25.0 Å². The van der Waals surface area contributed by atoms with Crippen LogP contribution >= 0.6 is 11.6 Å². The molecule has 7 heteroatoms. The molecule has 0 radical (unpaired) electrons. The van der Waals surface area contributed by atoms with Crippen molar-refractivity contribution in [2.75, 3.05) is 5.75 Å². The van der Waals surface area contributed by atoms with E-state index in [0.717, 1.165) is 17.8 Å². The molecule has 2 heterocycles. The van der Waals surface area contributed by atoms with Crippen molar-refractivity contribution >= 4 is 21.4 Å². The second kappa shape index (κ2) is 5.03. The highest BCUT2D eigenvalue weighted by atomic mass is 35.5. The number of rotatable bonds is 4. The predicted octanol–water partition coefficient (Wildman–Crippen LogP) is 1.04. The van der Waals surface area contributed by atoms with E-state index in [-0.39, 0.29) is 11.8 Å². The Morgan fingerprint density at radius 1 is 1.61 bits per heavy atom. The van der Waals surface area contributed by atoms with Crippen LogP contribution in [0.25, 0.3) is 0 Å². The topological polar surface area (TPSA) is 64.0 Å². The van der Waals surface area contributed by atoms with Gasteiger partial charge in [0.25, 0.3) is 0 Å². The smallest absolute Gasteiger partial charge is 0.173 e. The largest absolute Gasteiger partial charge is 0.304 e. The van der Waals surface area contributed by atoms with Gasteiger partial charge in [-0.3, -0.25) is 4.68 Å². The average Bonchev–Trinajstić information content (AvgIpc) is 2.77. The minimum Gasteiger partial charge on any atom is -0.304 e. The van der Waals surface area contributed by atoms with E-state index in [9.17, 15) is 8.42 Å². The quantitative estimate of drug-likeness (QED) is 0.899. The van der Waals surface area contributed by atoms with Gasteiger partial charge >= 0.3 is 0 Å². The molecule has 1 aromatic rings. The Kier molecular flexibility index (Phi) is 3.79. The molecule has 1 aromatic heterocycles. The monoisotopic (exact) mass is 289 g/mol. The number of aryl methyl sites for hydroxylation is 2. The Morgan fingerprint density at radius 3 is 2.83 bits per heavy atom. The fraction of sp³-hybridized carbons (Fsp3) is 0.545. The van der Waals surface area contributed by atoms with Crippen molar-refractivity contribution in [2.24, 2.45) is 7.05 Å². The van der Waals surface area contributed by atoms with Crippen molar-refractivity contribution in [3.63, 3.8) is 0 Å². The van der Waals surface area contributed by atoms with Crippen LogP contribution in [0.3, 0.4) is 0 Å². The number of halogens is 1. The zero-order valence-electron chi connectivity index (χ0n) is 10.4. The van der Waals surface area contributed by atoms with Crippen LogP contribution in [0.15, 0.2) is 11.5 Å².